The van der Waals surface area contributed by atoms with E-state index in [-0.39, 0.29) is 11.7 Å². The highest BCUT2D eigenvalue weighted by molar-refractivity contribution is 7.99. The zero-order chi connectivity index (χ0) is 21.3. The second kappa shape index (κ2) is 9.26. The van der Waals surface area contributed by atoms with E-state index in [2.05, 4.69) is 33.5 Å². The largest absolute Gasteiger partial charge is 0.309 e. The average Bonchev–Trinajstić information content (AvgIpc) is 3.30. The first-order valence-corrected chi connectivity index (χ1v) is 12.3. The summed E-state index contributed by atoms with van der Waals surface area (Å²) >= 11 is 15.0. The Morgan fingerprint density at radius 2 is 2.20 bits per heavy atom. The van der Waals surface area contributed by atoms with Crippen molar-refractivity contribution in [1.29, 1.82) is 0 Å². The molecule has 3 aromatic heterocycles. The molecule has 1 unspecified atom stereocenters. The Morgan fingerprint density at radius 3 is 2.97 bits per heavy atom. The van der Waals surface area contributed by atoms with Crippen LogP contribution in [0, 0.1) is 5.92 Å². The molecule has 1 N–H and O–H groups in total. The second-order valence-electron chi connectivity index (χ2n) is 7.26. The Hall–Kier alpha value is -1.61. The zero-order valence-electron chi connectivity index (χ0n) is 16.6. The number of fused-ring (bicyclic) bond motifs is 1. The first-order chi connectivity index (χ1) is 14.4. The van der Waals surface area contributed by atoms with Crippen LogP contribution in [0.2, 0.25) is 10.0 Å². The Labute approximate surface area is 193 Å². The van der Waals surface area contributed by atoms with Gasteiger partial charge in [-0.3, -0.25) is 4.79 Å². The Balaban J connectivity index is 1.41. The number of aromatic nitrogens is 4. The van der Waals surface area contributed by atoms with Gasteiger partial charge in [0.1, 0.15) is 0 Å². The smallest absolute Gasteiger partial charge is 0.236 e. The number of thiophene rings is 1. The molecule has 0 bridgehead atoms. The highest BCUT2D eigenvalue weighted by Gasteiger charge is 2.22. The minimum atomic E-state index is -0.224. The monoisotopic (exact) mass is 481 g/mol. The van der Waals surface area contributed by atoms with Gasteiger partial charge >= 0.3 is 0 Å². The van der Waals surface area contributed by atoms with E-state index >= 15 is 0 Å². The van der Waals surface area contributed by atoms with Gasteiger partial charge in [-0.25, -0.2) is 4.98 Å². The Bertz CT molecular complexity index is 1080. The van der Waals surface area contributed by atoms with Crippen molar-refractivity contribution in [3.05, 3.63) is 38.8 Å². The van der Waals surface area contributed by atoms with Crippen LogP contribution in [0.1, 0.15) is 30.2 Å². The quantitative estimate of drug-likeness (QED) is 0.471. The summed E-state index contributed by atoms with van der Waals surface area (Å²) in [6, 6.07) is 3.80. The lowest BCUT2D eigenvalue weighted by molar-refractivity contribution is -0.113. The summed E-state index contributed by atoms with van der Waals surface area (Å²) in [6.45, 7) is 2.27. The molecule has 0 saturated carbocycles. The molecule has 1 aliphatic rings. The highest BCUT2D eigenvalue weighted by atomic mass is 35.5. The molecule has 1 atom stereocenters. The van der Waals surface area contributed by atoms with Crippen LogP contribution < -0.4 is 5.32 Å². The molecule has 10 heteroatoms. The molecule has 4 rings (SSSR count). The lowest BCUT2D eigenvalue weighted by atomic mass is 9.87. The lowest BCUT2D eigenvalue weighted by Crippen LogP contribution is -2.15. The number of carbonyl (C=O) groups is 1. The number of hydrogen-bond donors (Lipinski definition) is 1. The molecule has 158 valence electrons. The first kappa shape index (κ1) is 21.6. The summed E-state index contributed by atoms with van der Waals surface area (Å²) < 4.78 is 1.94. The van der Waals surface area contributed by atoms with Crippen molar-refractivity contribution in [2.75, 3.05) is 11.1 Å². The van der Waals surface area contributed by atoms with Crippen molar-refractivity contribution in [3.8, 4) is 10.7 Å². The summed E-state index contributed by atoms with van der Waals surface area (Å²) in [5.41, 5.74) is 1.46. The fraction of sp³-hybridized carbons (Fsp3) is 0.400. The lowest BCUT2D eigenvalue weighted by Gasteiger charge is -2.19. The maximum atomic E-state index is 12.3. The minimum absolute atomic E-state index is 0.172. The van der Waals surface area contributed by atoms with Gasteiger partial charge in [0.05, 0.1) is 20.7 Å². The molecule has 30 heavy (non-hydrogen) atoms. The number of rotatable bonds is 6. The van der Waals surface area contributed by atoms with Gasteiger partial charge in [0.2, 0.25) is 5.91 Å². The number of nitrogens with one attached hydrogen (secondary N) is 1. The number of carbonyl (C=O) groups excluding carboxylic acids is 1. The van der Waals surface area contributed by atoms with Gasteiger partial charge in [-0.05, 0) is 42.9 Å². The third kappa shape index (κ3) is 4.66. The molecule has 6 nitrogen and oxygen atoms in total. The molecule has 0 saturated heterocycles. The number of hydrogen-bond acceptors (Lipinski definition) is 6. The second-order valence-corrected chi connectivity index (χ2v) is 10.2. The molecule has 0 fully saturated rings. The number of halogens is 2. The Kier molecular flexibility index (Phi) is 6.67. The number of aryl methyl sites for hydroxylation is 1. The van der Waals surface area contributed by atoms with Gasteiger partial charge in [0, 0.05) is 18.1 Å². The van der Waals surface area contributed by atoms with Crippen LogP contribution in [0.4, 0.5) is 5.82 Å². The van der Waals surface area contributed by atoms with E-state index in [9.17, 15) is 4.79 Å². The number of pyridine rings is 1. The van der Waals surface area contributed by atoms with E-state index in [1.165, 1.54) is 47.3 Å². The van der Waals surface area contributed by atoms with Crippen LogP contribution in [0.15, 0.2) is 23.5 Å². The summed E-state index contributed by atoms with van der Waals surface area (Å²) in [5.74, 6) is 1.87. The number of anilines is 1. The molecule has 0 radical (unpaired) electrons. The molecule has 3 heterocycles. The SMILES string of the molecule is CCC1CCc2sc(-c3nnc(SCC(=O)Nc4ncc(Cl)cc4Cl)n3C)cc2C1. The summed E-state index contributed by atoms with van der Waals surface area (Å²) in [5, 5.41) is 12.8. The molecule has 0 aromatic carbocycles. The molecule has 3 aromatic rings. The molecule has 1 amide bonds. The first-order valence-electron chi connectivity index (χ1n) is 9.69. The minimum Gasteiger partial charge on any atom is -0.309 e. The molecule has 0 aliphatic heterocycles. The fourth-order valence-electron chi connectivity index (χ4n) is 3.52. The standard InChI is InChI=1S/C20H21Cl2N5OS2/c1-3-11-4-5-15-12(6-11)7-16(30-15)19-25-26-20(27(19)2)29-10-17(28)24-18-14(22)8-13(21)9-23-18/h7-9,11H,3-6,10H2,1-2H3,(H,23,24,28). The van der Waals surface area contributed by atoms with Crippen molar-refractivity contribution >= 4 is 58.0 Å². The normalized spacial score (nSPS) is 15.8. The van der Waals surface area contributed by atoms with Crippen molar-refractivity contribution in [3.63, 3.8) is 0 Å². The predicted molar refractivity (Wildman–Crippen MR) is 124 cm³/mol. The van der Waals surface area contributed by atoms with E-state index in [0.29, 0.717) is 21.0 Å². The summed E-state index contributed by atoms with van der Waals surface area (Å²) in [6.07, 6.45) is 6.25. The van der Waals surface area contributed by atoms with Gasteiger partial charge in [-0.1, -0.05) is 48.3 Å². The van der Waals surface area contributed by atoms with E-state index in [0.717, 1.165) is 29.5 Å². The van der Waals surface area contributed by atoms with Crippen molar-refractivity contribution in [1.82, 2.24) is 19.7 Å². The Morgan fingerprint density at radius 1 is 1.37 bits per heavy atom. The van der Waals surface area contributed by atoms with Crippen molar-refractivity contribution in [2.45, 2.75) is 37.8 Å². The molecular formula is C20H21Cl2N5OS2. The number of amides is 1. The maximum absolute atomic E-state index is 12.3. The van der Waals surface area contributed by atoms with Gasteiger partial charge in [-0.2, -0.15) is 0 Å². The third-order valence-corrected chi connectivity index (χ3v) is 7.96. The van der Waals surface area contributed by atoms with Gasteiger partial charge in [0.25, 0.3) is 0 Å². The van der Waals surface area contributed by atoms with E-state index in [1.54, 1.807) is 0 Å². The van der Waals surface area contributed by atoms with Crippen LogP contribution in [0.3, 0.4) is 0 Å². The third-order valence-electron chi connectivity index (χ3n) is 5.22. The zero-order valence-corrected chi connectivity index (χ0v) is 19.8. The molecular weight excluding hydrogens is 461 g/mol. The maximum Gasteiger partial charge on any atom is 0.236 e. The summed E-state index contributed by atoms with van der Waals surface area (Å²) in [7, 11) is 1.93. The van der Waals surface area contributed by atoms with Crippen LogP contribution in [0.25, 0.3) is 10.7 Å². The van der Waals surface area contributed by atoms with E-state index in [4.69, 9.17) is 23.2 Å². The average molecular weight is 482 g/mol. The molecule has 0 spiro atoms. The van der Waals surface area contributed by atoms with Crippen LogP contribution in [-0.2, 0) is 24.7 Å². The van der Waals surface area contributed by atoms with E-state index in [1.807, 2.05) is 23.0 Å². The summed E-state index contributed by atoms with van der Waals surface area (Å²) in [4.78, 5) is 18.9. The van der Waals surface area contributed by atoms with Crippen LogP contribution in [0.5, 0.6) is 0 Å². The predicted octanol–water partition coefficient (Wildman–Crippen LogP) is 5.49. The number of nitrogens with zero attached hydrogens (tertiary/aromatic N) is 4. The van der Waals surface area contributed by atoms with Gasteiger partial charge in [0.15, 0.2) is 16.8 Å². The van der Waals surface area contributed by atoms with Gasteiger partial charge in [-0.15, -0.1) is 21.5 Å². The van der Waals surface area contributed by atoms with Crippen molar-refractivity contribution in [2.24, 2.45) is 13.0 Å². The van der Waals surface area contributed by atoms with E-state index < -0.39 is 0 Å². The molecule has 1 aliphatic carbocycles. The topological polar surface area (TPSA) is 72.7 Å². The van der Waals surface area contributed by atoms with Crippen LogP contribution in [-0.4, -0.2) is 31.4 Å². The highest BCUT2D eigenvalue weighted by Crippen LogP contribution is 2.38. The number of thioether (sulfide) groups is 1. The fourth-order valence-corrected chi connectivity index (χ4v) is 5.89. The van der Waals surface area contributed by atoms with Gasteiger partial charge < -0.3 is 9.88 Å². The van der Waals surface area contributed by atoms with Crippen molar-refractivity contribution < 1.29 is 4.79 Å². The van der Waals surface area contributed by atoms with Crippen LogP contribution >= 0.6 is 46.3 Å².